The summed E-state index contributed by atoms with van der Waals surface area (Å²) in [6, 6.07) is 15.0. The Bertz CT molecular complexity index is 1250. The molecular formula is C24H20N4O2S2. The molecule has 160 valence electrons. The Morgan fingerprint density at radius 2 is 1.88 bits per heavy atom. The van der Waals surface area contributed by atoms with Crippen LogP contribution in [0.4, 0.5) is 10.7 Å². The van der Waals surface area contributed by atoms with Crippen LogP contribution >= 0.6 is 23.1 Å². The smallest absolute Gasteiger partial charge is 0.259 e. The van der Waals surface area contributed by atoms with Gasteiger partial charge in [-0.15, -0.1) is 11.3 Å². The van der Waals surface area contributed by atoms with E-state index >= 15 is 0 Å². The first kappa shape index (κ1) is 20.7. The zero-order valence-electron chi connectivity index (χ0n) is 17.2. The van der Waals surface area contributed by atoms with Crippen LogP contribution in [0.15, 0.2) is 80.6 Å². The van der Waals surface area contributed by atoms with Crippen LogP contribution in [-0.4, -0.2) is 22.1 Å². The molecule has 3 heterocycles. The molecule has 0 spiro atoms. The van der Waals surface area contributed by atoms with Crippen LogP contribution in [0.3, 0.4) is 0 Å². The van der Waals surface area contributed by atoms with Gasteiger partial charge in [0.1, 0.15) is 10.8 Å². The van der Waals surface area contributed by atoms with Crippen molar-refractivity contribution in [1.82, 2.24) is 9.97 Å². The molecule has 32 heavy (non-hydrogen) atoms. The van der Waals surface area contributed by atoms with Crippen molar-refractivity contribution in [1.29, 1.82) is 0 Å². The van der Waals surface area contributed by atoms with Gasteiger partial charge in [0.05, 0.1) is 11.8 Å². The molecule has 1 aromatic carbocycles. The molecule has 1 amide bonds. The third-order valence-electron chi connectivity index (χ3n) is 5.06. The third-order valence-corrected chi connectivity index (χ3v) is 7.07. The number of nitrogens with one attached hydrogen (secondary N) is 1. The van der Waals surface area contributed by atoms with Crippen molar-refractivity contribution in [2.45, 2.75) is 35.9 Å². The number of furan rings is 1. The van der Waals surface area contributed by atoms with Crippen LogP contribution < -0.4 is 5.32 Å². The largest absolute Gasteiger partial charge is 0.448 e. The fraction of sp³-hybridized carbons (Fsp3) is 0.167. The number of hydrogen-bond donors (Lipinski definition) is 1. The summed E-state index contributed by atoms with van der Waals surface area (Å²) >= 11 is 2.95. The van der Waals surface area contributed by atoms with Gasteiger partial charge in [0.25, 0.3) is 5.91 Å². The summed E-state index contributed by atoms with van der Waals surface area (Å²) in [4.78, 5) is 27.5. The first-order valence-electron chi connectivity index (χ1n) is 10.4. The minimum Gasteiger partial charge on any atom is -0.448 e. The first-order valence-corrected chi connectivity index (χ1v) is 12.0. The van der Waals surface area contributed by atoms with E-state index in [0.717, 1.165) is 41.9 Å². The molecule has 0 unspecified atom stereocenters. The molecule has 1 N–H and O–H groups in total. The van der Waals surface area contributed by atoms with E-state index in [1.54, 1.807) is 36.0 Å². The number of carbonyl (C=O) groups is 1. The van der Waals surface area contributed by atoms with Gasteiger partial charge in [-0.05, 0) is 73.3 Å². The number of thiophene rings is 1. The van der Waals surface area contributed by atoms with Gasteiger partial charge in [-0.2, -0.15) is 0 Å². The lowest BCUT2D eigenvalue weighted by molar-refractivity contribution is 0.102. The fourth-order valence-corrected chi connectivity index (χ4v) is 5.51. The highest BCUT2D eigenvalue weighted by Gasteiger charge is 2.25. The molecule has 0 bridgehead atoms. The highest BCUT2D eigenvalue weighted by molar-refractivity contribution is 7.99. The Morgan fingerprint density at radius 3 is 2.72 bits per heavy atom. The zero-order valence-corrected chi connectivity index (χ0v) is 18.8. The second kappa shape index (κ2) is 9.50. The second-order valence-electron chi connectivity index (χ2n) is 7.26. The second-order valence-corrected chi connectivity index (χ2v) is 9.31. The van der Waals surface area contributed by atoms with Crippen molar-refractivity contribution in [2.24, 2.45) is 4.99 Å². The maximum atomic E-state index is 13.2. The Kier molecular flexibility index (Phi) is 6.13. The summed E-state index contributed by atoms with van der Waals surface area (Å²) in [6.45, 7) is 0. The number of fused-ring (bicyclic) bond motifs is 1. The van der Waals surface area contributed by atoms with Crippen LogP contribution in [0.25, 0.3) is 0 Å². The lowest BCUT2D eigenvalue weighted by Crippen LogP contribution is -2.14. The Balaban J connectivity index is 1.39. The number of rotatable bonds is 6. The maximum Gasteiger partial charge on any atom is 0.259 e. The topological polar surface area (TPSA) is 80.4 Å². The minimum absolute atomic E-state index is 0.111. The summed E-state index contributed by atoms with van der Waals surface area (Å²) in [5.41, 5.74) is 2.60. The van der Waals surface area contributed by atoms with Gasteiger partial charge in [0.15, 0.2) is 10.2 Å². The SMILES string of the molecule is O=C(Nc1ccccc1)c1c(N=Cc2ccc(Sc3ncccn3)o2)sc2c1CCCC2. The Hall–Kier alpha value is -3.23. The minimum atomic E-state index is -0.111. The van der Waals surface area contributed by atoms with Gasteiger partial charge in [0, 0.05) is 23.0 Å². The predicted molar refractivity (Wildman–Crippen MR) is 127 cm³/mol. The van der Waals surface area contributed by atoms with Crippen molar-refractivity contribution in [3.05, 3.63) is 82.7 Å². The summed E-state index contributed by atoms with van der Waals surface area (Å²) in [5, 5.41) is 5.05. The van der Waals surface area contributed by atoms with Gasteiger partial charge in [0.2, 0.25) is 0 Å². The molecule has 1 aliphatic carbocycles. The quantitative estimate of drug-likeness (QED) is 0.275. The number of carbonyl (C=O) groups excluding carboxylic acids is 1. The highest BCUT2D eigenvalue weighted by Crippen LogP contribution is 2.40. The maximum absolute atomic E-state index is 13.2. The van der Waals surface area contributed by atoms with Crippen molar-refractivity contribution >= 4 is 45.9 Å². The number of para-hydroxylation sites is 1. The number of aryl methyl sites for hydroxylation is 1. The standard InChI is InChI=1S/C24H20N4O2S2/c29-22(28-16-7-2-1-3-8-16)21-18-9-4-5-10-19(18)31-23(21)27-15-17-11-12-20(30-17)32-24-25-13-6-14-26-24/h1-3,6-8,11-15H,4-5,9-10H2,(H,28,29). The lowest BCUT2D eigenvalue weighted by atomic mass is 9.95. The van der Waals surface area contributed by atoms with E-state index in [-0.39, 0.29) is 5.91 Å². The highest BCUT2D eigenvalue weighted by atomic mass is 32.2. The molecule has 0 radical (unpaired) electrons. The van der Waals surface area contributed by atoms with Crippen LogP contribution in [0.5, 0.6) is 0 Å². The summed E-state index contributed by atoms with van der Waals surface area (Å²) in [5.74, 6) is 0.504. The van der Waals surface area contributed by atoms with Crippen molar-refractivity contribution in [3.8, 4) is 0 Å². The molecular weight excluding hydrogens is 440 g/mol. The van der Waals surface area contributed by atoms with Crippen LogP contribution in [0.1, 0.15) is 39.4 Å². The van der Waals surface area contributed by atoms with E-state index in [1.165, 1.54) is 16.6 Å². The number of anilines is 1. The van der Waals surface area contributed by atoms with Crippen LogP contribution in [0, 0.1) is 0 Å². The monoisotopic (exact) mass is 460 g/mol. The first-order chi connectivity index (χ1) is 15.8. The number of hydrogen-bond acceptors (Lipinski definition) is 7. The molecule has 1 aliphatic rings. The van der Waals surface area contributed by atoms with Gasteiger partial charge < -0.3 is 9.73 Å². The Labute approximate surface area is 193 Å². The summed E-state index contributed by atoms with van der Waals surface area (Å²) < 4.78 is 5.85. The van der Waals surface area contributed by atoms with Crippen molar-refractivity contribution < 1.29 is 9.21 Å². The van der Waals surface area contributed by atoms with Gasteiger partial charge in [-0.1, -0.05) is 18.2 Å². The van der Waals surface area contributed by atoms with E-state index in [4.69, 9.17) is 4.42 Å². The van der Waals surface area contributed by atoms with E-state index < -0.39 is 0 Å². The van der Waals surface area contributed by atoms with Crippen molar-refractivity contribution in [2.75, 3.05) is 5.32 Å². The fourth-order valence-electron chi connectivity index (χ4n) is 3.60. The number of nitrogens with zero attached hydrogens (tertiary/aromatic N) is 3. The number of aliphatic imine (C=N–C) groups is 1. The molecule has 0 saturated carbocycles. The number of benzene rings is 1. The van der Waals surface area contributed by atoms with E-state index in [1.807, 2.05) is 42.5 Å². The van der Waals surface area contributed by atoms with Crippen molar-refractivity contribution in [3.63, 3.8) is 0 Å². The van der Waals surface area contributed by atoms with E-state index in [0.29, 0.717) is 21.6 Å². The molecule has 6 nitrogen and oxygen atoms in total. The molecule has 0 fully saturated rings. The molecule has 3 aromatic heterocycles. The summed E-state index contributed by atoms with van der Waals surface area (Å²) in [6.07, 6.45) is 9.22. The zero-order chi connectivity index (χ0) is 21.8. The molecule has 0 saturated heterocycles. The molecule has 4 aromatic rings. The van der Waals surface area contributed by atoms with Gasteiger partial charge >= 0.3 is 0 Å². The molecule has 0 atom stereocenters. The number of aromatic nitrogens is 2. The van der Waals surface area contributed by atoms with Gasteiger partial charge in [-0.25, -0.2) is 15.0 Å². The van der Waals surface area contributed by atoms with Crippen LogP contribution in [-0.2, 0) is 12.8 Å². The summed E-state index contributed by atoms with van der Waals surface area (Å²) in [7, 11) is 0. The molecule has 8 heteroatoms. The molecule has 0 aliphatic heterocycles. The lowest BCUT2D eigenvalue weighted by Gasteiger charge is -2.12. The molecule has 5 rings (SSSR count). The Morgan fingerprint density at radius 1 is 1.06 bits per heavy atom. The van der Waals surface area contributed by atoms with E-state index in [9.17, 15) is 4.79 Å². The number of amides is 1. The average molecular weight is 461 g/mol. The normalized spacial score (nSPS) is 13.2. The van der Waals surface area contributed by atoms with Gasteiger partial charge in [-0.3, -0.25) is 4.79 Å². The average Bonchev–Trinajstić information content (AvgIpc) is 3.43. The third kappa shape index (κ3) is 4.66. The predicted octanol–water partition coefficient (Wildman–Crippen LogP) is 6.16. The van der Waals surface area contributed by atoms with Crippen LogP contribution in [0.2, 0.25) is 0 Å². The van der Waals surface area contributed by atoms with E-state index in [2.05, 4.69) is 20.3 Å².